The lowest BCUT2D eigenvalue weighted by molar-refractivity contribution is -0.116. The summed E-state index contributed by atoms with van der Waals surface area (Å²) in [6, 6.07) is 13.7. The molecule has 0 atom stereocenters. The van der Waals surface area contributed by atoms with Crippen molar-refractivity contribution in [1.82, 2.24) is 4.90 Å². The van der Waals surface area contributed by atoms with E-state index < -0.39 is 5.82 Å². The summed E-state index contributed by atoms with van der Waals surface area (Å²) in [6.45, 7) is 3.56. The zero-order valence-corrected chi connectivity index (χ0v) is 15.5. The van der Waals surface area contributed by atoms with Crippen molar-refractivity contribution in [2.45, 2.75) is 6.42 Å². The lowest BCUT2D eigenvalue weighted by Crippen LogP contribution is -2.47. The number of hydrogen-bond donors (Lipinski definition) is 1. The van der Waals surface area contributed by atoms with Crippen LogP contribution in [0.3, 0.4) is 0 Å². The number of nitrogens with zero attached hydrogens (tertiary/aromatic N) is 3. The van der Waals surface area contributed by atoms with E-state index in [4.69, 9.17) is 11.6 Å². The summed E-state index contributed by atoms with van der Waals surface area (Å²) in [5.74, 6) is -0.534. The molecule has 27 heavy (non-hydrogen) atoms. The minimum Gasteiger partial charge on any atom is -0.368 e. The third kappa shape index (κ3) is 4.97. The average molecular weight is 387 g/mol. The van der Waals surface area contributed by atoms with Gasteiger partial charge in [0.1, 0.15) is 17.4 Å². The van der Waals surface area contributed by atoms with Crippen LogP contribution in [0.25, 0.3) is 0 Å². The average Bonchev–Trinajstić information content (AvgIpc) is 2.68. The van der Waals surface area contributed by atoms with Crippen molar-refractivity contribution in [1.29, 1.82) is 5.26 Å². The maximum absolute atomic E-state index is 13.8. The van der Waals surface area contributed by atoms with Gasteiger partial charge in [-0.15, -0.1) is 0 Å². The fraction of sp³-hybridized carbons (Fsp3) is 0.300. The van der Waals surface area contributed by atoms with E-state index in [2.05, 4.69) is 10.2 Å². The Kier molecular flexibility index (Phi) is 6.28. The van der Waals surface area contributed by atoms with Gasteiger partial charge >= 0.3 is 0 Å². The first-order chi connectivity index (χ1) is 13.1. The second-order valence-electron chi connectivity index (χ2n) is 6.38. The third-order valence-electron chi connectivity index (χ3n) is 4.60. The van der Waals surface area contributed by atoms with Gasteiger partial charge in [-0.25, -0.2) is 4.39 Å². The highest BCUT2D eigenvalue weighted by Gasteiger charge is 2.21. The second kappa shape index (κ2) is 8.85. The van der Waals surface area contributed by atoms with Crippen LogP contribution in [-0.2, 0) is 4.79 Å². The number of benzene rings is 2. The van der Waals surface area contributed by atoms with E-state index in [1.54, 1.807) is 36.4 Å². The van der Waals surface area contributed by atoms with E-state index in [0.29, 0.717) is 36.8 Å². The van der Waals surface area contributed by atoms with Crippen LogP contribution in [0, 0.1) is 17.1 Å². The van der Waals surface area contributed by atoms with E-state index in [9.17, 15) is 14.4 Å². The summed E-state index contributed by atoms with van der Waals surface area (Å²) >= 11 is 5.83. The van der Waals surface area contributed by atoms with Crippen molar-refractivity contribution in [2.75, 3.05) is 42.9 Å². The molecular weight excluding hydrogens is 367 g/mol. The first-order valence-corrected chi connectivity index (χ1v) is 9.16. The smallest absolute Gasteiger partial charge is 0.225 e. The van der Waals surface area contributed by atoms with Gasteiger partial charge in [0, 0.05) is 49.9 Å². The van der Waals surface area contributed by atoms with Gasteiger partial charge in [-0.1, -0.05) is 17.7 Å². The SMILES string of the molecule is N#Cc1c(F)cccc1N1CCN(CCC(=O)Nc2ccc(Cl)cc2)CC1. The number of hydrogen-bond acceptors (Lipinski definition) is 4. The maximum Gasteiger partial charge on any atom is 0.225 e. The monoisotopic (exact) mass is 386 g/mol. The topological polar surface area (TPSA) is 59.4 Å². The number of carbonyl (C=O) groups excluding carboxylic acids is 1. The number of amides is 1. The summed E-state index contributed by atoms with van der Waals surface area (Å²) in [5, 5.41) is 12.7. The summed E-state index contributed by atoms with van der Waals surface area (Å²) in [5.41, 5.74) is 1.45. The maximum atomic E-state index is 13.8. The first kappa shape index (κ1) is 19.2. The molecule has 1 fully saturated rings. The van der Waals surface area contributed by atoms with Crippen molar-refractivity contribution in [3.8, 4) is 6.07 Å². The first-order valence-electron chi connectivity index (χ1n) is 8.78. The predicted molar refractivity (Wildman–Crippen MR) is 104 cm³/mol. The van der Waals surface area contributed by atoms with Crippen LogP contribution in [-0.4, -0.2) is 43.5 Å². The van der Waals surface area contributed by atoms with Crippen LogP contribution < -0.4 is 10.2 Å². The fourth-order valence-corrected chi connectivity index (χ4v) is 3.24. The normalized spacial score (nSPS) is 14.6. The van der Waals surface area contributed by atoms with Gasteiger partial charge in [-0.3, -0.25) is 9.69 Å². The molecule has 140 valence electrons. The molecule has 5 nitrogen and oxygen atoms in total. The van der Waals surface area contributed by atoms with Crippen molar-refractivity contribution >= 4 is 28.9 Å². The fourth-order valence-electron chi connectivity index (χ4n) is 3.12. The molecule has 0 unspecified atom stereocenters. The van der Waals surface area contributed by atoms with E-state index in [1.807, 2.05) is 11.0 Å². The quantitative estimate of drug-likeness (QED) is 0.854. The number of nitrogens with one attached hydrogen (secondary N) is 1. The summed E-state index contributed by atoms with van der Waals surface area (Å²) in [6.07, 6.45) is 0.395. The van der Waals surface area contributed by atoms with Crippen molar-refractivity contribution in [3.63, 3.8) is 0 Å². The molecule has 0 aromatic heterocycles. The lowest BCUT2D eigenvalue weighted by atomic mass is 10.1. The highest BCUT2D eigenvalue weighted by Crippen LogP contribution is 2.23. The molecule has 1 heterocycles. The van der Waals surface area contributed by atoms with Gasteiger partial charge in [0.2, 0.25) is 5.91 Å². The summed E-state index contributed by atoms with van der Waals surface area (Å²) in [4.78, 5) is 16.3. The summed E-state index contributed by atoms with van der Waals surface area (Å²) < 4.78 is 13.8. The van der Waals surface area contributed by atoms with Gasteiger partial charge in [0.25, 0.3) is 0 Å². The van der Waals surface area contributed by atoms with E-state index in [1.165, 1.54) is 6.07 Å². The van der Waals surface area contributed by atoms with E-state index in [-0.39, 0.29) is 11.5 Å². The molecule has 1 N–H and O–H groups in total. The molecule has 1 saturated heterocycles. The Bertz CT molecular complexity index is 842. The molecule has 0 radical (unpaired) electrons. The van der Waals surface area contributed by atoms with E-state index >= 15 is 0 Å². The molecule has 2 aromatic rings. The van der Waals surface area contributed by atoms with Gasteiger partial charge < -0.3 is 10.2 Å². The molecule has 0 aliphatic carbocycles. The largest absolute Gasteiger partial charge is 0.368 e. The molecule has 0 bridgehead atoms. The minimum absolute atomic E-state index is 0.0448. The molecular formula is C20H20ClFN4O. The van der Waals surface area contributed by atoms with Gasteiger partial charge in [-0.05, 0) is 36.4 Å². The molecule has 2 aromatic carbocycles. The van der Waals surface area contributed by atoms with Crippen LogP contribution in [0.5, 0.6) is 0 Å². The number of piperazine rings is 1. The van der Waals surface area contributed by atoms with E-state index in [0.717, 1.165) is 18.8 Å². The van der Waals surface area contributed by atoms with Gasteiger partial charge in [0.05, 0.1) is 5.69 Å². The molecule has 1 amide bonds. The molecule has 7 heteroatoms. The zero-order valence-electron chi connectivity index (χ0n) is 14.8. The Hall–Kier alpha value is -2.62. The van der Waals surface area contributed by atoms with Crippen molar-refractivity contribution in [3.05, 3.63) is 58.9 Å². The van der Waals surface area contributed by atoms with Gasteiger partial charge in [-0.2, -0.15) is 5.26 Å². The minimum atomic E-state index is -0.490. The van der Waals surface area contributed by atoms with Crippen LogP contribution in [0.4, 0.5) is 15.8 Å². The number of nitriles is 1. The number of carbonyl (C=O) groups is 1. The Morgan fingerprint density at radius 2 is 1.85 bits per heavy atom. The molecule has 0 spiro atoms. The highest BCUT2D eigenvalue weighted by molar-refractivity contribution is 6.30. The van der Waals surface area contributed by atoms with Crippen LogP contribution in [0.2, 0.25) is 5.02 Å². The molecule has 0 saturated carbocycles. The molecule has 1 aliphatic rings. The van der Waals surface area contributed by atoms with Crippen LogP contribution >= 0.6 is 11.6 Å². The lowest BCUT2D eigenvalue weighted by Gasteiger charge is -2.36. The standard InChI is InChI=1S/C20H20ClFN4O/c21-15-4-6-16(7-5-15)24-20(27)8-9-25-10-12-26(13-11-25)19-3-1-2-18(22)17(19)14-23/h1-7H,8-13H2,(H,24,27). The van der Waals surface area contributed by atoms with Crippen molar-refractivity contribution in [2.24, 2.45) is 0 Å². The number of anilines is 2. The predicted octanol–water partition coefficient (Wildman–Crippen LogP) is 3.50. The highest BCUT2D eigenvalue weighted by atomic mass is 35.5. The molecule has 1 aliphatic heterocycles. The summed E-state index contributed by atoms with van der Waals surface area (Å²) in [7, 11) is 0. The Balaban J connectivity index is 1.47. The Morgan fingerprint density at radius 1 is 1.15 bits per heavy atom. The number of rotatable bonds is 5. The molecule has 3 rings (SSSR count). The van der Waals surface area contributed by atoms with Crippen LogP contribution in [0.15, 0.2) is 42.5 Å². The van der Waals surface area contributed by atoms with Gasteiger partial charge in [0.15, 0.2) is 0 Å². The van der Waals surface area contributed by atoms with Crippen LogP contribution in [0.1, 0.15) is 12.0 Å². The number of halogens is 2. The Labute approximate surface area is 162 Å². The zero-order chi connectivity index (χ0) is 19.2. The third-order valence-corrected chi connectivity index (χ3v) is 4.85. The Morgan fingerprint density at radius 3 is 2.52 bits per heavy atom. The second-order valence-corrected chi connectivity index (χ2v) is 6.82. The van der Waals surface area contributed by atoms with Crippen molar-refractivity contribution < 1.29 is 9.18 Å².